The second-order valence-electron chi connectivity index (χ2n) is 6.62. The first-order chi connectivity index (χ1) is 13.3. The van der Waals surface area contributed by atoms with Crippen LogP contribution in [0, 0.1) is 20.8 Å². The molecule has 0 aliphatic carbocycles. The monoisotopic (exact) mass is 398 g/mol. The van der Waals surface area contributed by atoms with Crippen molar-refractivity contribution in [3.05, 3.63) is 49.9 Å². The third kappa shape index (κ3) is 3.03. The number of anilines is 1. The molecule has 1 aliphatic rings. The van der Waals surface area contributed by atoms with E-state index in [1.807, 2.05) is 26.8 Å². The number of carbonyl (C=O) groups is 2. The third-order valence-electron chi connectivity index (χ3n) is 4.83. The summed E-state index contributed by atoms with van der Waals surface area (Å²) >= 11 is 1.39. The maximum absolute atomic E-state index is 12.5. The lowest BCUT2D eigenvalue weighted by Gasteiger charge is -2.21. The van der Waals surface area contributed by atoms with E-state index in [9.17, 15) is 14.4 Å². The molecule has 2 amide bonds. The largest absolute Gasteiger partial charge is 0.481 e. The molecule has 3 N–H and O–H groups in total. The summed E-state index contributed by atoms with van der Waals surface area (Å²) in [6, 6.07) is 3.55. The standard InChI is InChI=1S/C19H18N4O4S/c1-8-10(3)28-19-14(8)17(25)22-16(23-19)18(26)20-6-11-4-5-12-15(9(11)2)27-7-13(24)21-12/h4-5H,6-7H2,1-3H3,(H,20,26)(H,21,24)(H,22,23,25). The molecule has 3 heterocycles. The molecule has 0 saturated heterocycles. The number of benzene rings is 1. The molecule has 0 bridgehead atoms. The van der Waals surface area contributed by atoms with Crippen LogP contribution in [-0.2, 0) is 11.3 Å². The van der Waals surface area contributed by atoms with Gasteiger partial charge in [0.25, 0.3) is 17.4 Å². The van der Waals surface area contributed by atoms with Gasteiger partial charge in [-0.15, -0.1) is 11.3 Å². The zero-order chi connectivity index (χ0) is 20.0. The fourth-order valence-corrected chi connectivity index (χ4v) is 4.18. The van der Waals surface area contributed by atoms with Crippen molar-refractivity contribution in [3.8, 4) is 5.75 Å². The van der Waals surface area contributed by atoms with Crippen molar-refractivity contribution in [1.29, 1.82) is 0 Å². The summed E-state index contributed by atoms with van der Waals surface area (Å²) in [5, 5.41) is 6.05. The number of carbonyl (C=O) groups excluding carboxylic acids is 2. The predicted octanol–water partition coefficient (Wildman–Crippen LogP) is 2.17. The first-order valence-corrected chi connectivity index (χ1v) is 9.50. The highest BCUT2D eigenvalue weighted by Gasteiger charge is 2.20. The number of aromatic amines is 1. The van der Waals surface area contributed by atoms with Gasteiger partial charge < -0.3 is 20.4 Å². The van der Waals surface area contributed by atoms with E-state index in [1.54, 1.807) is 6.07 Å². The Bertz CT molecular complexity index is 1190. The van der Waals surface area contributed by atoms with Crippen molar-refractivity contribution < 1.29 is 14.3 Å². The Morgan fingerprint density at radius 2 is 2.04 bits per heavy atom. The van der Waals surface area contributed by atoms with Crippen molar-refractivity contribution in [2.24, 2.45) is 0 Å². The maximum atomic E-state index is 12.5. The molecule has 0 radical (unpaired) electrons. The molecular weight excluding hydrogens is 380 g/mol. The van der Waals surface area contributed by atoms with E-state index >= 15 is 0 Å². The van der Waals surface area contributed by atoms with Gasteiger partial charge in [0.05, 0.1) is 11.1 Å². The first kappa shape index (κ1) is 18.2. The van der Waals surface area contributed by atoms with Crippen molar-refractivity contribution in [2.45, 2.75) is 27.3 Å². The quantitative estimate of drug-likeness (QED) is 0.626. The zero-order valence-corrected chi connectivity index (χ0v) is 16.4. The van der Waals surface area contributed by atoms with Gasteiger partial charge in [0.15, 0.2) is 6.61 Å². The van der Waals surface area contributed by atoms with Crippen LogP contribution >= 0.6 is 11.3 Å². The number of thiophene rings is 1. The van der Waals surface area contributed by atoms with Gasteiger partial charge in [-0.3, -0.25) is 14.4 Å². The number of fused-ring (bicyclic) bond motifs is 2. The topological polar surface area (TPSA) is 113 Å². The van der Waals surface area contributed by atoms with Gasteiger partial charge in [0, 0.05) is 11.4 Å². The van der Waals surface area contributed by atoms with E-state index < -0.39 is 5.91 Å². The average molecular weight is 398 g/mol. The number of H-pyrrole nitrogens is 1. The molecule has 0 unspecified atom stereocenters. The third-order valence-corrected chi connectivity index (χ3v) is 5.93. The van der Waals surface area contributed by atoms with Crippen LogP contribution in [0.2, 0.25) is 0 Å². The molecule has 1 aliphatic heterocycles. The van der Waals surface area contributed by atoms with E-state index in [2.05, 4.69) is 20.6 Å². The van der Waals surface area contributed by atoms with E-state index in [0.29, 0.717) is 21.7 Å². The van der Waals surface area contributed by atoms with Gasteiger partial charge in [0.1, 0.15) is 10.6 Å². The Labute approximate surface area is 163 Å². The second-order valence-corrected chi connectivity index (χ2v) is 7.83. The van der Waals surface area contributed by atoms with Crippen molar-refractivity contribution >= 4 is 39.1 Å². The summed E-state index contributed by atoms with van der Waals surface area (Å²) in [4.78, 5) is 44.7. The van der Waals surface area contributed by atoms with Gasteiger partial charge in [-0.25, -0.2) is 4.98 Å². The van der Waals surface area contributed by atoms with Crippen LogP contribution < -0.4 is 20.9 Å². The highest BCUT2D eigenvalue weighted by molar-refractivity contribution is 7.18. The van der Waals surface area contributed by atoms with Crippen LogP contribution in [0.25, 0.3) is 10.2 Å². The van der Waals surface area contributed by atoms with Gasteiger partial charge in [0.2, 0.25) is 5.82 Å². The highest BCUT2D eigenvalue weighted by Crippen LogP contribution is 2.33. The summed E-state index contributed by atoms with van der Waals surface area (Å²) in [7, 11) is 0. The van der Waals surface area contributed by atoms with E-state index in [0.717, 1.165) is 21.6 Å². The molecule has 1 aromatic carbocycles. The summed E-state index contributed by atoms with van der Waals surface area (Å²) in [5.41, 5.74) is 2.86. The van der Waals surface area contributed by atoms with E-state index in [1.165, 1.54) is 11.3 Å². The smallest absolute Gasteiger partial charge is 0.287 e. The predicted molar refractivity (Wildman–Crippen MR) is 106 cm³/mol. The second kappa shape index (κ2) is 6.75. The lowest BCUT2D eigenvalue weighted by Crippen LogP contribution is -2.28. The fraction of sp³-hybridized carbons (Fsp3) is 0.263. The molecule has 2 aromatic heterocycles. The van der Waals surface area contributed by atoms with E-state index in [-0.39, 0.29) is 30.4 Å². The minimum Gasteiger partial charge on any atom is -0.481 e. The first-order valence-electron chi connectivity index (χ1n) is 8.68. The molecule has 0 saturated carbocycles. The molecule has 9 heteroatoms. The summed E-state index contributed by atoms with van der Waals surface area (Å²) in [6.45, 7) is 5.85. The fourth-order valence-electron chi connectivity index (χ4n) is 3.15. The highest BCUT2D eigenvalue weighted by atomic mass is 32.1. The van der Waals surface area contributed by atoms with Crippen LogP contribution in [0.3, 0.4) is 0 Å². The van der Waals surface area contributed by atoms with Crippen LogP contribution in [0.1, 0.15) is 32.2 Å². The van der Waals surface area contributed by atoms with Crippen molar-refractivity contribution in [1.82, 2.24) is 15.3 Å². The van der Waals surface area contributed by atoms with Gasteiger partial charge in [-0.1, -0.05) is 6.07 Å². The molecule has 0 atom stereocenters. The maximum Gasteiger partial charge on any atom is 0.287 e. The average Bonchev–Trinajstić information content (AvgIpc) is 2.95. The number of hydrogen-bond acceptors (Lipinski definition) is 6. The molecule has 8 nitrogen and oxygen atoms in total. The molecular formula is C19H18N4O4S. The number of aromatic nitrogens is 2. The van der Waals surface area contributed by atoms with Crippen LogP contribution in [0.5, 0.6) is 5.75 Å². The Kier molecular flexibility index (Phi) is 4.38. The normalized spacial score (nSPS) is 13.0. The zero-order valence-electron chi connectivity index (χ0n) is 15.6. The number of hydrogen-bond donors (Lipinski definition) is 3. The van der Waals surface area contributed by atoms with Gasteiger partial charge >= 0.3 is 0 Å². The molecule has 144 valence electrons. The Morgan fingerprint density at radius 3 is 2.82 bits per heavy atom. The SMILES string of the molecule is Cc1sc2nc(C(=O)NCc3ccc4c(c3C)OCC(=O)N4)[nH]c(=O)c2c1C. The van der Waals surface area contributed by atoms with Crippen molar-refractivity contribution in [2.75, 3.05) is 11.9 Å². The summed E-state index contributed by atoms with van der Waals surface area (Å²) in [6.07, 6.45) is 0. The Hall–Kier alpha value is -3.20. The Morgan fingerprint density at radius 1 is 1.25 bits per heavy atom. The van der Waals surface area contributed by atoms with Crippen molar-refractivity contribution in [3.63, 3.8) is 0 Å². The summed E-state index contributed by atoms with van der Waals surface area (Å²) < 4.78 is 5.49. The number of aryl methyl sites for hydroxylation is 2. The Balaban J connectivity index is 1.56. The molecule has 3 aromatic rings. The molecule has 0 fully saturated rings. The number of nitrogens with zero attached hydrogens (tertiary/aromatic N) is 1. The molecule has 28 heavy (non-hydrogen) atoms. The molecule has 4 rings (SSSR count). The van der Waals surface area contributed by atoms with Gasteiger partial charge in [-0.05, 0) is 43.5 Å². The lowest BCUT2D eigenvalue weighted by atomic mass is 10.1. The number of amides is 2. The number of ether oxygens (including phenoxy) is 1. The summed E-state index contributed by atoms with van der Waals surface area (Å²) in [5.74, 6) is -0.0758. The minimum atomic E-state index is -0.464. The number of nitrogens with one attached hydrogen (secondary N) is 3. The number of rotatable bonds is 3. The minimum absolute atomic E-state index is 0.0159. The van der Waals surface area contributed by atoms with Crippen LogP contribution in [-0.4, -0.2) is 28.4 Å². The lowest BCUT2D eigenvalue weighted by molar-refractivity contribution is -0.118. The van der Waals surface area contributed by atoms with E-state index in [4.69, 9.17) is 4.74 Å². The van der Waals surface area contributed by atoms with Crippen LogP contribution in [0.15, 0.2) is 16.9 Å². The van der Waals surface area contributed by atoms with Gasteiger partial charge in [-0.2, -0.15) is 0 Å². The molecule has 0 spiro atoms. The van der Waals surface area contributed by atoms with Crippen LogP contribution in [0.4, 0.5) is 5.69 Å².